The van der Waals surface area contributed by atoms with E-state index in [2.05, 4.69) is 15.6 Å². The van der Waals surface area contributed by atoms with Crippen molar-refractivity contribution < 1.29 is 9.18 Å². The average Bonchev–Trinajstić information content (AvgIpc) is 3.05. The summed E-state index contributed by atoms with van der Waals surface area (Å²) >= 11 is 1.55. The number of thiazole rings is 1. The molecule has 3 aromatic rings. The van der Waals surface area contributed by atoms with Gasteiger partial charge in [0.05, 0.1) is 16.1 Å². The van der Waals surface area contributed by atoms with Gasteiger partial charge in [-0.1, -0.05) is 24.3 Å². The molecule has 0 saturated heterocycles. The molecule has 2 N–H and O–H groups in total. The number of nitrogens with zero attached hydrogens (tertiary/aromatic N) is 1. The van der Waals surface area contributed by atoms with Gasteiger partial charge in [0, 0.05) is 11.9 Å². The Morgan fingerprint density at radius 2 is 1.82 bits per heavy atom. The summed E-state index contributed by atoms with van der Waals surface area (Å²) in [5, 5.41) is 5.13. The van der Waals surface area contributed by atoms with Crippen molar-refractivity contribution in [2.45, 2.75) is 0 Å². The lowest BCUT2D eigenvalue weighted by Gasteiger charge is -2.08. The molecule has 110 valence electrons. The first-order chi connectivity index (χ1) is 10.7. The number of rotatable bonds is 3. The van der Waals surface area contributed by atoms with Crippen LogP contribution in [-0.2, 0) is 0 Å². The number of carbonyl (C=O) groups is 1. The fourth-order valence-corrected chi connectivity index (χ4v) is 2.55. The van der Waals surface area contributed by atoms with Crippen molar-refractivity contribution in [3.63, 3.8) is 0 Å². The second-order valence-electron chi connectivity index (χ2n) is 4.50. The van der Waals surface area contributed by atoms with Crippen molar-refractivity contribution in [2.75, 3.05) is 10.6 Å². The Morgan fingerprint density at radius 1 is 1.05 bits per heavy atom. The van der Waals surface area contributed by atoms with Crippen LogP contribution in [0.4, 0.5) is 20.6 Å². The Labute approximate surface area is 130 Å². The third-order valence-corrected chi connectivity index (χ3v) is 3.80. The molecule has 4 nitrogen and oxygen atoms in total. The number of carbonyl (C=O) groups excluding carboxylic acids is 1. The summed E-state index contributed by atoms with van der Waals surface area (Å²) in [4.78, 5) is 16.9. The minimum Gasteiger partial charge on any atom is -0.308 e. The van der Waals surface area contributed by atoms with Crippen LogP contribution >= 0.6 is 11.3 Å². The molecule has 0 bridgehead atoms. The van der Waals surface area contributed by atoms with Crippen LogP contribution in [0, 0.1) is 5.82 Å². The van der Waals surface area contributed by atoms with E-state index in [1.165, 1.54) is 12.1 Å². The van der Waals surface area contributed by atoms with E-state index in [9.17, 15) is 9.18 Å². The minimum absolute atomic E-state index is 0.140. The van der Waals surface area contributed by atoms with Gasteiger partial charge in [-0.15, -0.1) is 11.3 Å². The Hall–Kier alpha value is -2.73. The average molecular weight is 313 g/mol. The lowest BCUT2D eigenvalue weighted by Crippen LogP contribution is -2.20. The van der Waals surface area contributed by atoms with Gasteiger partial charge in [0.2, 0.25) is 0 Å². The van der Waals surface area contributed by atoms with Crippen LogP contribution in [0.2, 0.25) is 0 Å². The number of urea groups is 1. The first-order valence-corrected chi connectivity index (χ1v) is 7.42. The number of halogens is 1. The lowest BCUT2D eigenvalue weighted by molar-refractivity contribution is 0.262. The number of nitrogens with one attached hydrogen (secondary N) is 2. The molecule has 6 heteroatoms. The van der Waals surface area contributed by atoms with Gasteiger partial charge in [0.1, 0.15) is 5.82 Å². The van der Waals surface area contributed by atoms with E-state index in [1.807, 2.05) is 12.1 Å². The van der Waals surface area contributed by atoms with Gasteiger partial charge in [0.25, 0.3) is 0 Å². The zero-order chi connectivity index (χ0) is 15.4. The summed E-state index contributed by atoms with van der Waals surface area (Å²) in [5.41, 5.74) is 3.56. The highest BCUT2D eigenvalue weighted by molar-refractivity contribution is 7.13. The topological polar surface area (TPSA) is 54.0 Å². The zero-order valence-electron chi connectivity index (χ0n) is 11.4. The Kier molecular flexibility index (Phi) is 4.11. The number of hydrogen-bond acceptors (Lipinski definition) is 3. The van der Waals surface area contributed by atoms with Crippen molar-refractivity contribution in [3.05, 3.63) is 66.1 Å². The second-order valence-corrected chi connectivity index (χ2v) is 5.39. The molecular weight excluding hydrogens is 301 g/mol. The van der Waals surface area contributed by atoms with E-state index < -0.39 is 11.8 Å². The van der Waals surface area contributed by atoms with E-state index in [-0.39, 0.29) is 5.69 Å². The molecular formula is C16H12FN3OS. The van der Waals surface area contributed by atoms with Gasteiger partial charge in [-0.05, 0) is 29.8 Å². The van der Waals surface area contributed by atoms with E-state index in [0.29, 0.717) is 5.69 Å². The van der Waals surface area contributed by atoms with Gasteiger partial charge >= 0.3 is 6.03 Å². The van der Waals surface area contributed by atoms with E-state index >= 15 is 0 Å². The highest BCUT2D eigenvalue weighted by Gasteiger charge is 2.06. The lowest BCUT2D eigenvalue weighted by atomic mass is 10.2. The first-order valence-electron chi connectivity index (χ1n) is 6.54. The van der Waals surface area contributed by atoms with Crippen molar-refractivity contribution in [1.29, 1.82) is 0 Å². The molecule has 0 aliphatic rings. The summed E-state index contributed by atoms with van der Waals surface area (Å²) in [6.45, 7) is 0. The Balaban J connectivity index is 1.66. The normalized spacial score (nSPS) is 10.2. The smallest absolute Gasteiger partial charge is 0.308 e. The molecule has 0 unspecified atom stereocenters. The molecule has 0 atom stereocenters. The van der Waals surface area contributed by atoms with Gasteiger partial charge in [-0.2, -0.15) is 0 Å². The summed E-state index contributed by atoms with van der Waals surface area (Å²) < 4.78 is 13.5. The molecule has 0 saturated carbocycles. The summed E-state index contributed by atoms with van der Waals surface area (Å²) in [6, 6.07) is 12.9. The summed E-state index contributed by atoms with van der Waals surface area (Å²) in [5.74, 6) is -0.474. The highest BCUT2D eigenvalue weighted by Crippen LogP contribution is 2.24. The number of benzene rings is 2. The minimum atomic E-state index is -0.490. The van der Waals surface area contributed by atoms with Crippen LogP contribution in [0.5, 0.6) is 0 Å². The van der Waals surface area contributed by atoms with Crippen LogP contribution < -0.4 is 10.6 Å². The molecule has 0 fully saturated rings. The van der Waals surface area contributed by atoms with Gasteiger partial charge in [0.15, 0.2) is 0 Å². The third kappa shape index (κ3) is 3.29. The molecule has 0 aliphatic carbocycles. The number of anilines is 2. The fourth-order valence-electron chi connectivity index (χ4n) is 1.92. The second kappa shape index (κ2) is 6.36. The number of hydrogen-bond donors (Lipinski definition) is 2. The quantitative estimate of drug-likeness (QED) is 0.743. The van der Waals surface area contributed by atoms with Gasteiger partial charge < -0.3 is 10.6 Å². The molecule has 0 radical (unpaired) electrons. The number of amides is 2. The predicted octanol–water partition coefficient (Wildman–Crippen LogP) is 4.59. The SMILES string of the molecule is O=C(Nc1ccc(-c2cncs2)cc1)Nc1ccccc1F. The van der Waals surface area contributed by atoms with Crippen LogP contribution in [0.1, 0.15) is 0 Å². The molecule has 0 aliphatic heterocycles. The predicted molar refractivity (Wildman–Crippen MR) is 86.6 cm³/mol. The van der Waals surface area contributed by atoms with Crippen LogP contribution in [0.15, 0.2) is 60.2 Å². The maximum atomic E-state index is 13.5. The van der Waals surface area contributed by atoms with Crippen LogP contribution in [0.3, 0.4) is 0 Å². The van der Waals surface area contributed by atoms with Crippen molar-refractivity contribution >= 4 is 28.7 Å². The molecule has 22 heavy (non-hydrogen) atoms. The van der Waals surface area contributed by atoms with Crippen molar-refractivity contribution in [2.24, 2.45) is 0 Å². The highest BCUT2D eigenvalue weighted by atomic mass is 32.1. The molecule has 3 rings (SSSR count). The molecule has 2 amide bonds. The Morgan fingerprint density at radius 3 is 2.50 bits per heavy atom. The third-order valence-electron chi connectivity index (χ3n) is 2.98. The first kappa shape index (κ1) is 14.2. The van der Waals surface area contributed by atoms with Gasteiger partial charge in [-0.25, -0.2) is 9.18 Å². The van der Waals surface area contributed by atoms with Crippen molar-refractivity contribution in [3.8, 4) is 10.4 Å². The van der Waals surface area contributed by atoms with E-state index in [1.54, 1.807) is 47.3 Å². The van der Waals surface area contributed by atoms with Crippen LogP contribution in [0.25, 0.3) is 10.4 Å². The van der Waals surface area contributed by atoms with Crippen molar-refractivity contribution in [1.82, 2.24) is 4.98 Å². The van der Waals surface area contributed by atoms with Crippen LogP contribution in [-0.4, -0.2) is 11.0 Å². The molecule has 2 aromatic carbocycles. The van der Waals surface area contributed by atoms with E-state index in [0.717, 1.165) is 10.4 Å². The largest absolute Gasteiger partial charge is 0.323 e. The maximum absolute atomic E-state index is 13.5. The standard InChI is InChI=1S/C16H12FN3OS/c17-13-3-1-2-4-14(13)20-16(21)19-12-7-5-11(6-8-12)15-9-18-10-22-15/h1-10H,(H2,19,20,21). The molecule has 1 aromatic heterocycles. The van der Waals surface area contributed by atoms with Gasteiger partial charge in [-0.3, -0.25) is 4.98 Å². The zero-order valence-corrected chi connectivity index (χ0v) is 12.2. The maximum Gasteiger partial charge on any atom is 0.323 e. The fraction of sp³-hybridized carbons (Fsp3) is 0. The summed E-state index contributed by atoms with van der Waals surface area (Å²) in [6.07, 6.45) is 1.79. The number of para-hydroxylation sites is 1. The summed E-state index contributed by atoms with van der Waals surface area (Å²) in [7, 11) is 0. The Bertz CT molecular complexity index is 772. The molecule has 0 spiro atoms. The number of aromatic nitrogens is 1. The monoisotopic (exact) mass is 313 g/mol. The molecule has 1 heterocycles. The van der Waals surface area contributed by atoms with E-state index in [4.69, 9.17) is 0 Å².